The molecule has 5 heteroatoms. The molecule has 16 heavy (non-hydrogen) atoms. The lowest BCUT2D eigenvalue weighted by molar-refractivity contribution is 0.414. The maximum Gasteiger partial charge on any atom is 0.128 e. The highest BCUT2D eigenvalue weighted by Gasteiger charge is 1.98. The number of rotatable bonds is 5. The van der Waals surface area contributed by atoms with Gasteiger partial charge in [-0.05, 0) is 24.1 Å². The normalized spacial score (nSPS) is 10.1. The first-order valence-corrected chi connectivity index (χ1v) is 4.89. The Bertz CT molecular complexity index is 422. The van der Waals surface area contributed by atoms with Crippen molar-refractivity contribution in [1.82, 2.24) is 0 Å². The van der Waals surface area contributed by atoms with Crippen LogP contribution in [0.5, 0.6) is 5.75 Å². The molecule has 0 amide bonds. The standard InChI is InChI=1S/C11H14N4O/c1-16-11-8-10(12)6-5-9(11)4-2-3-7-14-15-13/h2,4-6,8H,3,7,12H2,1H3. The monoisotopic (exact) mass is 218 g/mol. The van der Waals surface area contributed by atoms with Crippen molar-refractivity contribution < 1.29 is 4.74 Å². The first-order chi connectivity index (χ1) is 7.77. The number of anilines is 1. The fraction of sp³-hybridized carbons (Fsp3) is 0.273. The van der Waals surface area contributed by atoms with Crippen molar-refractivity contribution in [3.05, 3.63) is 40.3 Å². The molecule has 1 aromatic carbocycles. The zero-order valence-electron chi connectivity index (χ0n) is 9.13. The van der Waals surface area contributed by atoms with Crippen molar-refractivity contribution in [2.24, 2.45) is 5.11 Å². The lowest BCUT2D eigenvalue weighted by Gasteiger charge is -2.05. The zero-order valence-corrected chi connectivity index (χ0v) is 9.13. The van der Waals surface area contributed by atoms with Crippen molar-refractivity contribution in [1.29, 1.82) is 0 Å². The second kappa shape index (κ2) is 6.37. The van der Waals surface area contributed by atoms with E-state index in [1.165, 1.54) is 0 Å². The number of benzene rings is 1. The second-order valence-electron chi connectivity index (χ2n) is 3.15. The molecule has 84 valence electrons. The molecule has 0 fully saturated rings. The zero-order chi connectivity index (χ0) is 11.8. The third-order valence-electron chi connectivity index (χ3n) is 2.01. The summed E-state index contributed by atoms with van der Waals surface area (Å²) >= 11 is 0. The molecule has 0 saturated carbocycles. The molecule has 0 spiro atoms. The summed E-state index contributed by atoms with van der Waals surface area (Å²) in [6, 6.07) is 5.47. The summed E-state index contributed by atoms with van der Waals surface area (Å²) in [6.07, 6.45) is 4.56. The van der Waals surface area contributed by atoms with Gasteiger partial charge < -0.3 is 10.5 Å². The Morgan fingerprint density at radius 2 is 2.38 bits per heavy atom. The first-order valence-electron chi connectivity index (χ1n) is 4.89. The Hall–Kier alpha value is -2.13. The Balaban J connectivity index is 2.68. The van der Waals surface area contributed by atoms with Gasteiger partial charge in [-0.2, -0.15) is 0 Å². The van der Waals surface area contributed by atoms with Crippen molar-refractivity contribution in [3.63, 3.8) is 0 Å². The van der Waals surface area contributed by atoms with Gasteiger partial charge in [-0.25, -0.2) is 0 Å². The molecule has 0 atom stereocenters. The minimum Gasteiger partial charge on any atom is -0.496 e. The van der Waals surface area contributed by atoms with E-state index in [4.69, 9.17) is 16.0 Å². The number of hydrogen-bond acceptors (Lipinski definition) is 3. The Kier molecular flexibility index (Phi) is 4.76. The Morgan fingerprint density at radius 3 is 3.06 bits per heavy atom. The van der Waals surface area contributed by atoms with E-state index in [-0.39, 0.29) is 0 Å². The van der Waals surface area contributed by atoms with E-state index in [9.17, 15) is 0 Å². The number of azide groups is 1. The summed E-state index contributed by atoms with van der Waals surface area (Å²) in [5, 5.41) is 3.44. The molecule has 2 N–H and O–H groups in total. The topological polar surface area (TPSA) is 84.0 Å². The summed E-state index contributed by atoms with van der Waals surface area (Å²) < 4.78 is 5.19. The fourth-order valence-corrected chi connectivity index (χ4v) is 1.25. The van der Waals surface area contributed by atoms with E-state index >= 15 is 0 Å². The minimum absolute atomic E-state index is 0.463. The summed E-state index contributed by atoms with van der Waals surface area (Å²) in [7, 11) is 1.60. The van der Waals surface area contributed by atoms with Crippen LogP contribution in [-0.2, 0) is 0 Å². The van der Waals surface area contributed by atoms with Crippen molar-refractivity contribution in [2.45, 2.75) is 6.42 Å². The van der Waals surface area contributed by atoms with Crippen LogP contribution in [0.2, 0.25) is 0 Å². The number of hydrogen-bond donors (Lipinski definition) is 1. The van der Waals surface area contributed by atoms with Crippen LogP contribution in [0.1, 0.15) is 12.0 Å². The number of nitrogen functional groups attached to an aromatic ring is 1. The van der Waals surface area contributed by atoms with Gasteiger partial charge in [-0.15, -0.1) is 0 Å². The molecule has 0 aliphatic carbocycles. The van der Waals surface area contributed by atoms with Gasteiger partial charge in [-0.3, -0.25) is 0 Å². The molecule has 1 aromatic rings. The lowest BCUT2D eigenvalue weighted by Crippen LogP contribution is -1.90. The van der Waals surface area contributed by atoms with Gasteiger partial charge in [0, 0.05) is 28.8 Å². The quantitative estimate of drug-likeness (QED) is 0.271. The van der Waals surface area contributed by atoms with E-state index in [1.807, 2.05) is 24.3 Å². The molecule has 0 bridgehead atoms. The molecular weight excluding hydrogens is 204 g/mol. The van der Waals surface area contributed by atoms with Gasteiger partial charge in [0.05, 0.1) is 7.11 Å². The molecule has 0 unspecified atom stereocenters. The first kappa shape index (κ1) is 11.9. The molecule has 0 aromatic heterocycles. The van der Waals surface area contributed by atoms with Gasteiger partial charge >= 0.3 is 0 Å². The van der Waals surface area contributed by atoms with Gasteiger partial charge in [0.2, 0.25) is 0 Å². The summed E-state index contributed by atoms with van der Waals surface area (Å²) in [5.74, 6) is 0.736. The van der Waals surface area contributed by atoms with Crippen molar-refractivity contribution in [3.8, 4) is 5.75 Å². The van der Waals surface area contributed by atoms with E-state index in [2.05, 4.69) is 10.0 Å². The van der Waals surface area contributed by atoms with Gasteiger partial charge in [0.25, 0.3) is 0 Å². The number of nitrogens with two attached hydrogens (primary N) is 1. The Morgan fingerprint density at radius 1 is 1.56 bits per heavy atom. The number of nitrogens with zero attached hydrogens (tertiary/aromatic N) is 3. The van der Waals surface area contributed by atoms with Crippen LogP contribution in [0.25, 0.3) is 16.5 Å². The smallest absolute Gasteiger partial charge is 0.128 e. The van der Waals surface area contributed by atoms with Gasteiger partial charge in [0.1, 0.15) is 5.75 Å². The van der Waals surface area contributed by atoms with Crippen LogP contribution in [0.15, 0.2) is 29.4 Å². The number of methoxy groups -OCH3 is 1. The summed E-state index contributed by atoms with van der Waals surface area (Å²) in [6.45, 7) is 0.463. The van der Waals surface area contributed by atoms with Crippen LogP contribution in [0.3, 0.4) is 0 Å². The Labute approximate surface area is 94.2 Å². The number of ether oxygens (including phenoxy) is 1. The average molecular weight is 218 g/mol. The van der Waals surface area contributed by atoms with Crippen LogP contribution in [-0.4, -0.2) is 13.7 Å². The molecule has 0 heterocycles. The van der Waals surface area contributed by atoms with E-state index < -0.39 is 0 Å². The van der Waals surface area contributed by atoms with Crippen LogP contribution in [0, 0.1) is 0 Å². The fourth-order valence-electron chi connectivity index (χ4n) is 1.25. The predicted octanol–water partition coefficient (Wildman–Crippen LogP) is 2.99. The van der Waals surface area contributed by atoms with Crippen LogP contribution in [0.4, 0.5) is 5.69 Å². The molecule has 0 saturated heterocycles. The molecule has 1 rings (SSSR count). The highest BCUT2D eigenvalue weighted by Crippen LogP contribution is 2.22. The molecular formula is C11H14N4O. The lowest BCUT2D eigenvalue weighted by atomic mass is 10.1. The molecule has 0 aliphatic heterocycles. The summed E-state index contributed by atoms with van der Waals surface area (Å²) in [4.78, 5) is 2.68. The maximum absolute atomic E-state index is 8.10. The maximum atomic E-state index is 8.10. The highest BCUT2D eigenvalue weighted by molar-refractivity contribution is 5.61. The third kappa shape index (κ3) is 3.55. The van der Waals surface area contributed by atoms with Gasteiger partial charge in [-0.1, -0.05) is 17.3 Å². The average Bonchev–Trinajstić information content (AvgIpc) is 2.30. The highest BCUT2D eigenvalue weighted by atomic mass is 16.5. The molecule has 0 aliphatic rings. The molecule has 5 nitrogen and oxygen atoms in total. The predicted molar refractivity (Wildman–Crippen MR) is 65.1 cm³/mol. The van der Waals surface area contributed by atoms with E-state index in [0.717, 1.165) is 11.3 Å². The minimum atomic E-state index is 0.463. The van der Waals surface area contributed by atoms with Crippen LogP contribution >= 0.6 is 0 Å². The van der Waals surface area contributed by atoms with Crippen molar-refractivity contribution in [2.75, 3.05) is 19.4 Å². The van der Waals surface area contributed by atoms with Crippen molar-refractivity contribution >= 4 is 11.8 Å². The largest absolute Gasteiger partial charge is 0.496 e. The summed E-state index contributed by atoms with van der Waals surface area (Å²) in [5.41, 5.74) is 15.4. The second-order valence-corrected chi connectivity index (χ2v) is 3.15. The van der Waals surface area contributed by atoms with E-state index in [0.29, 0.717) is 18.7 Å². The third-order valence-corrected chi connectivity index (χ3v) is 2.01. The van der Waals surface area contributed by atoms with Gasteiger partial charge in [0.15, 0.2) is 0 Å². The van der Waals surface area contributed by atoms with Crippen LogP contribution < -0.4 is 10.5 Å². The molecule has 0 radical (unpaired) electrons. The van der Waals surface area contributed by atoms with E-state index in [1.54, 1.807) is 13.2 Å². The SMILES string of the molecule is COc1cc(N)ccc1C=CCCN=[N+]=[N-].